The normalized spacial score (nSPS) is 12.1. The van der Waals surface area contributed by atoms with Crippen LogP contribution < -0.4 is 15.0 Å². The van der Waals surface area contributed by atoms with Crippen molar-refractivity contribution in [3.63, 3.8) is 0 Å². The Morgan fingerprint density at radius 2 is 1.50 bits per heavy atom. The van der Waals surface area contributed by atoms with E-state index in [0.717, 1.165) is 32.5 Å². The molecule has 4 rings (SSSR count). The highest BCUT2D eigenvalue weighted by molar-refractivity contribution is 7.99. The van der Waals surface area contributed by atoms with Gasteiger partial charge >= 0.3 is 6.03 Å². The Balaban J connectivity index is 1.59. The summed E-state index contributed by atoms with van der Waals surface area (Å²) >= 11 is 1.69. The molecule has 2 amide bonds. The van der Waals surface area contributed by atoms with Crippen LogP contribution in [-0.4, -0.2) is 13.1 Å². The number of urea groups is 1. The number of ether oxygens (including phenoxy) is 1. The molecule has 0 bridgehead atoms. The van der Waals surface area contributed by atoms with E-state index in [0.29, 0.717) is 6.54 Å². The topological polar surface area (TPSA) is 41.6 Å². The van der Waals surface area contributed by atoms with Crippen LogP contribution in [0.4, 0.5) is 16.2 Å². The number of nitrogens with zero attached hydrogens (tertiary/aromatic N) is 1. The summed E-state index contributed by atoms with van der Waals surface area (Å²) in [7, 11) is 1.64. The first-order valence-corrected chi connectivity index (χ1v) is 9.15. The minimum absolute atomic E-state index is 0.138. The summed E-state index contributed by atoms with van der Waals surface area (Å²) in [6.07, 6.45) is 0. The van der Waals surface area contributed by atoms with Crippen molar-refractivity contribution in [3.05, 3.63) is 78.4 Å². The SMILES string of the molecule is COc1ccc(CNC(=O)N2c3ccccc3Sc3ccccc32)cc1. The molecule has 0 atom stereocenters. The number of carbonyl (C=O) groups is 1. The molecule has 4 nitrogen and oxygen atoms in total. The van der Waals surface area contributed by atoms with Gasteiger partial charge in [0.15, 0.2) is 0 Å². The zero-order chi connectivity index (χ0) is 17.9. The molecular formula is C21H18N2O2S. The number of hydrogen-bond acceptors (Lipinski definition) is 3. The second-order valence-electron chi connectivity index (χ2n) is 5.88. The summed E-state index contributed by atoms with van der Waals surface area (Å²) in [5.41, 5.74) is 2.83. The van der Waals surface area contributed by atoms with Crippen LogP contribution >= 0.6 is 11.8 Å². The van der Waals surface area contributed by atoms with Gasteiger partial charge in [-0.3, -0.25) is 4.90 Å². The maximum Gasteiger partial charge on any atom is 0.326 e. The van der Waals surface area contributed by atoms with E-state index in [2.05, 4.69) is 5.32 Å². The highest BCUT2D eigenvalue weighted by Gasteiger charge is 2.27. The molecule has 3 aromatic carbocycles. The molecule has 130 valence electrons. The number of hydrogen-bond donors (Lipinski definition) is 1. The monoisotopic (exact) mass is 362 g/mol. The Labute approximate surface area is 156 Å². The molecule has 0 unspecified atom stereocenters. The van der Waals surface area contributed by atoms with Gasteiger partial charge in [0.1, 0.15) is 5.75 Å². The van der Waals surface area contributed by atoms with Gasteiger partial charge in [-0.2, -0.15) is 0 Å². The van der Waals surface area contributed by atoms with Crippen LogP contribution in [0, 0.1) is 0 Å². The van der Waals surface area contributed by atoms with E-state index in [1.807, 2.05) is 72.8 Å². The molecule has 0 saturated carbocycles. The van der Waals surface area contributed by atoms with Crippen molar-refractivity contribution in [1.82, 2.24) is 5.32 Å². The molecule has 1 aliphatic heterocycles. The lowest BCUT2D eigenvalue weighted by molar-refractivity contribution is 0.248. The highest BCUT2D eigenvalue weighted by Crippen LogP contribution is 2.47. The number of benzene rings is 3. The second-order valence-corrected chi connectivity index (χ2v) is 6.96. The van der Waals surface area contributed by atoms with Gasteiger partial charge in [-0.15, -0.1) is 0 Å². The molecule has 0 saturated heterocycles. The zero-order valence-corrected chi connectivity index (χ0v) is 15.1. The van der Waals surface area contributed by atoms with Crippen LogP contribution in [0.25, 0.3) is 0 Å². The number of anilines is 2. The standard InChI is InChI=1S/C21H18N2O2S/c1-25-16-12-10-15(11-13-16)14-22-21(24)23-17-6-2-4-8-19(17)26-20-9-5-3-7-18(20)23/h2-13H,14H2,1H3,(H,22,24). The molecule has 0 aromatic heterocycles. The average Bonchev–Trinajstić information content (AvgIpc) is 2.70. The van der Waals surface area contributed by atoms with Crippen LogP contribution in [0.5, 0.6) is 5.75 Å². The number of methoxy groups -OCH3 is 1. The minimum Gasteiger partial charge on any atom is -0.497 e. The number of rotatable bonds is 3. The molecule has 0 spiro atoms. The van der Waals surface area contributed by atoms with E-state index in [-0.39, 0.29) is 6.03 Å². The maximum absolute atomic E-state index is 13.0. The fourth-order valence-corrected chi connectivity index (χ4v) is 3.98. The summed E-state index contributed by atoms with van der Waals surface area (Å²) in [6, 6.07) is 23.5. The Morgan fingerprint density at radius 1 is 0.923 bits per heavy atom. The van der Waals surface area contributed by atoms with Gasteiger partial charge in [-0.25, -0.2) is 4.79 Å². The van der Waals surface area contributed by atoms with Crippen molar-refractivity contribution in [2.24, 2.45) is 0 Å². The number of para-hydroxylation sites is 2. The maximum atomic E-state index is 13.0. The van der Waals surface area contributed by atoms with Crippen LogP contribution in [0.1, 0.15) is 5.56 Å². The predicted octanol–water partition coefficient (Wildman–Crippen LogP) is 5.21. The summed E-state index contributed by atoms with van der Waals surface area (Å²) < 4.78 is 5.17. The molecule has 3 aromatic rings. The third-order valence-corrected chi connectivity index (χ3v) is 5.37. The van der Waals surface area contributed by atoms with Crippen molar-refractivity contribution >= 4 is 29.2 Å². The largest absolute Gasteiger partial charge is 0.497 e. The molecule has 1 heterocycles. The van der Waals surface area contributed by atoms with Crippen LogP contribution in [0.15, 0.2) is 82.6 Å². The number of fused-ring (bicyclic) bond motifs is 2. The molecule has 1 N–H and O–H groups in total. The molecular weight excluding hydrogens is 344 g/mol. The van der Waals surface area contributed by atoms with Gasteiger partial charge in [0.25, 0.3) is 0 Å². The summed E-state index contributed by atoms with van der Waals surface area (Å²) in [5, 5.41) is 3.02. The van der Waals surface area contributed by atoms with Gasteiger partial charge in [0.2, 0.25) is 0 Å². The average molecular weight is 362 g/mol. The molecule has 0 radical (unpaired) electrons. The molecule has 0 fully saturated rings. The van der Waals surface area contributed by atoms with E-state index in [1.165, 1.54) is 0 Å². The Kier molecular flexibility index (Phi) is 4.54. The lowest BCUT2D eigenvalue weighted by atomic mass is 10.2. The van der Waals surface area contributed by atoms with Gasteiger partial charge in [0.05, 0.1) is 18.5 Å². The van der Waals surface area contributed by atoms with E-state index in [9.17, 15) is 4.79 Å². The van der Waals surface area contributed by atoms with Gasteiger partial charge in [0, 0.05) is 16.3 Å². The smallest absolute Gasteiger partial charge is 0.326 e. The molecule has 1 aliphatic rings. The summed E-state index contributed by atoms with van der Waals surface area (Å²) in [4.78, 5) is 16.9. The minimum atomic E-state index is -0.138. The van der Waals surface area contributed by atoms with Crippen LogP contribution in [-0.2, 0) is 6.54 Å². The van der Waals surface area contributed by atoms with Gasteiger partial charge in [-0.1, -0.05) is 48.2 Å². The first-order chi connectivity index (χ1) is 12.8. The van der Waals surface area contributed by atoms with Gasteiger partial charge < -0.3 is 10.1 Å². The first-order valence-electron chi connectivity index (χ1n) is 8.33. The van der Waals surface area contributed by atoms with Crippen LogP contribution in [0.3, 0.4) is 0 Å². The molecule has 26 heavy (non-hydrogen) atoms. The van der Waals surface area contributed by atoms with Gasteiger partial charge in [-0.05, 0) is 42.0 Å². The van der Waals surface area contributed by atoms with Crippen LogP contribution in [0.2, 0.25) is 0 Å². The third kappa shape index (κ3) is 3.13. The Bertz CT molecular complexity index is 895. The van der Waals surface area contributed by atoms with Crippen molar-refractivity contribution < 1.29 is 9.53 Å². The fourth-order valence-electron chi connectivity index (χ4n) is 2.92. The van der Waals surface area contributed by atoms with Crippen molar-refractivity contribution in [1.29, 1.82) is 0 Å². The summed E-state index contributed by atoms with van der Waals surface area (Å²) in [5.74, 6) is 0.802. The third-order valence-electron chi connectivity index (χ3n) is 4.24. The zero-order valence-electron chi connectivity index (χ0n) is 14.3. The Hall–Kier alpha value is -2.92. The van der Waals surface area contributed by atoms with E-state index < -0.39 is 0 Å². The highest BCUT2D eigenvalue weighted by atomic mass is 32.2. The van der Waals surface area contributed by atoms with Crippen molar-refractivity contribution in [2.45, 2.75) is 16.3 Å². The first kappa shape index (κ1) is 16.5. The van der Waals surface area contributed by atoms with E-state index >= 15 is 0 Å². The summed E-state index contributed by atoms with van der Waals surface area (Å²) in [6.45, 7) is 0.455. The number of carbonyl (C=O) groups excluding carboxylic acids is 1. The quantitative estimate of drug-likeness (QED) is 0.695. The fraction of sp³-hybridized carbons (Fsp3) is 0.0952. The molecule has 0 aliphatic carbocycles. The predicted molar refractivity (Wildman–Crippen MR) is 104 cm³/mol. The molecule has 5 heteroatoms. The lowest BCUT2D eigenvalue weighted by Crippen LogP contribution is -2.37. The number of amides is 2. The van der Waals surface area contributed by atoms with Crippen molar-refractivity contribution in [3.8, 4) is 5.75 Å². The van der Waals surface area contributed by atoms with Crippen molar-refractivity contribution in [2.75, 3.05) is 12.0 Å². The second kappa shape index (κ2) is 7.14. The number of nitrogens with one attached hydrogen (secondary N) is 1. The Morgan fingerprint density at radius 3 is 2.08 bits per heavy atom. The van der Waals surface area contributed by atoms with E-state index in [4.69, 9.17) is 4.74 Å². The van der Waals surface area contributed by atoms with E-state index in [1.54, 1.807) is 23.8 Å². The lowest BCUT2D eigenvalue weighted by Gasteiger charge is -2.31.